The van der Waals surface area contributed by atoms with Crippen molar-refractivity contribution in [1.29, 1.82) is 0 Å². The lowest BCUT2D eigenvalue weighted by atomic mass is 10.1. The molecular weight excluding hydrogens is 307 g/mol. The topological polar surface area (TPSA) is 32.3 Å². The zero-order chi connectivity index (χ0) is 14.4. The van der Waals surface area contributed by atoms with Crippen LogP contribution in [0.5, 0.6) is 0 Å². The van der Waals surface area contributed by atoms with Gasteiger partial charge in [0.2, 0.25) is 5.91 Å². The van der Waals surface area contributed by atoms with Gasteiger partial charge in [-0.3, -0.25) is 4.79 Å². The van der Waals surface area contributed by atoms with Crippen molar-refractivity contribution in [3.05, 3.63) is 34.9 Å². The predicted octanol–water partition coefficient (Wildman–Crippen LogP) is 3.64. The molecule has 0 atom stereocenters. The van der Waals surface area contributed by atoms with Crippen LogP contribution in [0.15, 0.2) is 24.3 Å². The zero-order valence-electron chi connectivity index (χ0n) is 12.5. The summed E-state index contributed by atoms with van der Waals surface area (Å²) in [5, 5.41) is 3.79. The highest BCUT2D eigenvalue weighted by molar-refractivity contribution is 6.31. The van der Waals surface area contributed by atoms with Gasteiger partial charge in [-0.2, -0.15) is 0 Å². The molecule has 1 aromatic rings. The maximum absolute atomic E-state index is 12.4. The number of nitrogens with zero attached hydrogens (tertiary/aromatic N) is 1. The van der Waals surface area contributed by atoms with E-state index in [1.165, 1.54) is 12.8 Å². The average Bonchev–Trinajstić information content (AvgIpc) is 2.97. The molecule has 0 aromatic heterocycles. The SMILES string of the molecule is CNCCC(=O)N(Cc1ccccc1Cl)C1CCCC1.Cl. The van der Waals surface area contributed by atoms with Crippen molar-refractivity contribution in [1.82, 2.24) is 10.2 Å². The molecule has 2 rings (SSSR count). The number of rotatable bonds is 6. The Balaban J connectivity index is 0.00000220. The number of benzene rings is 1. The second-order valence-electron chi connectivity index (χ2n) is 5.40. The van der Waals surface area contributed by atoms with Gasteiger partial charge in [0, 0.05) is 30.6 Å². The monoisotopic (exact) mass is 330 g/mol. The average molecular weight is 331 g/mol. The van der Waals surface area contributed by atoms with Crippen molar-refractivity contribution < 1.29 is 4.79 Å². The first kappa shape index (κ1) is 18.3. The normalized spacial score (nSPS) is 14.8. The smallest absolute Gasteiger partial charge is 0.224 e. The Morgan fingerprint density at radius 1 is 1.33 bits per heavy atom. The van der Waals surface area contributed by atoms with Gasteiger partial charge >= 0.3 is 0 Å². The van der Waals surface area contributed by atoms with Crippen molar-refractivity contribution >= 4 is 29.9 Å². The van der Waals surface area contributed by atoms with Crippen molar-refractivity contribution in [2.45, 2.75) is 44.7 Å². The highest BCUT2D eigenvalue weighted by Crippen LogP contribution is 2.27. The quantitative estimate of drug-likeness (QED) is 0.863. The van der Waals surface area contributed by atoms with E-state index >= 15 is 0 Å². The van der Waals surface area contributed by atoms with Gasteiger partial charge in [-0.05, 0) is 31.5 Å². The van der Waals surface area contributed by atoms with Crippen molar-refractivity contribution in [2.75, 3.05) is 13.6 Å². The van der Waals surface area contributed by atoms with Crippen LogP contribution in [0.2, 0.25) is 5.02 Å². The molecule has 0 spiro atoms. The highest BCUT2D eigenvalue weighted by Gasteiger charge is 2.26. The number of hydrogen-bond donors (Lipinski definition) is 1. The number of nitrogens with one attached hydrogen (secondary N) is 1. The first-order valence-electron chi connectivity index (χ1n) is 7.40. The summed E-state index contributed by atoms with van der Waals surface area (Å²) in [5.74, 6) is 0.228. The molecule has 3 nitrogen and oxygen atoms in total. The number of hydrogen-bond acceptors (Lipinski definition) is 2. The van der Waals surface area contributed by atoms with Gasteiger partial charge in [-0.25, -0.2) is 0 Å². The molecule has 1 amide bonds. The standard InChI is InChI=1S/C16H23ClN2O.ClH/c1-18-11-10-16(20)19(14-7-3-4-8-14)12-13-6-2-5-9-15(13)17;/h2,5-6,9,14,18H,3-4,7-8,10-12H2,1H3;1H. The number of amides is 1. The molecule has 0 saturated heterocycles. The van der Waals surface area contributed by atoms with Crippen LogP contribution >= 0.6 is 24.0 Å². The Morgan fingerprint density at radius 3 is 2.62 bits per heavy atom. The summed E-state index contributed by atoms with van der Waals surface area (Å²) in [6, 6.07) is 8.19. The molecule has 21 heavy (non-hydrogen) atoms. The lowest BCUT2D eigenvalue weighted by Gasteiger charge is -2.29. The predicted molar refractivity (Wildman–Crippen MR) is 90.0 cm³/mol. The van der Waals surface area contributed by atoms with Crippen LogP contribution in [0.3, 0.4) is 0 Å². The summed E-state index contributed by atoms with van der Waals surface area (Å²) in [6.07, 6.45) is 5.24. The lowest BCUT2D eigenvalue weighted by molar-refractivity contribution is -0.134. The molecular formula is C16H24Cl2N2O. The molecule has 0 unspecified atom stereocenters. The second-order valence-corrected chi connectivity index (χ2v) is 5.81. The minimum Gasteiger partial charge on any atom is -0.335 e. The van der Waals surface area contributed by atoms with Crippen molar-refractivity contribution in [3.8, 4) is 0 Å². The molecule has 1 aliphatic carbocycles. The Bertz CT molecular complexity index is 448. The van der Waals surface area contributed by atoms with E-state index in [2.05, 4.69) is 5.32 Å². The number of carbonyl (C=O) groups excluding carboxylic acids is 1. The van der Waals surface area contributed by atoms with E-state index in [9.17, 15) is 4.79 Å². The van der Waals surface area contributed by atoms with E-state index in [0.29, 0.717) is 19.0 Å². The van der Waals surface area contributed by atoms with Crippen molar-refractivity contribution in [3.63, 3.8) is 0 Å². The van der Waals surface area contributed by atoms with Gasteiger partial charge in [0.1, 0.15) is 0 Å². The maximum atomic E-state index is 12.4. The van der Waals surface area contributed by atoms with E-state index in [0.717, 1.165) is 30.0 Å². The minimum absolute atomic E-state index is 0. The van der Waals surface area contributed by atoms with Crippen LogP contribution in [0.25, 0.3) is 0 Å². The van der Waals surface area contributed by atoms with Gasteiger partial charge in [0.25, 0.3) is 0 Å². The molecule has 0 aliphatic heterocycles. The Morgan fingerprint density at radius 2 is 2.00 bits per heavy atom. The van der Waals surface area contributed by atoms with Gasteiger partial charge < -0.3 is 10.2 Å². The van der Waals surface area contributed by atoms with Crippen molar-refractivity contribution in [2.24, 2.45) is 0 Å². The second kappa shape index (κ2) is 9.29. The maximum Gasteiger partial charge on any atom is 0.224 e. The summed E-state index contributed by atoms with van der Waals surface area (Å²) < 4.78 is 0. The van der Waals surface area contributed by atoms with Crippen LogP contribution in [0.1, 0.15) is 37.7 Å². The fourth-order valence-corrected chi connectivity index (χ4v) is 3.02. The van der Waals surface area contributed by atoms with Crippen LogP contribution in [0, 0.1) is 0 Å². The number of halogens is 2. The molecule has 0 radical (unpaired) electrons. The van der Waals surface area contributed by atoms with Gasteiger partial charge in [0.15, 0.2) is 0 Å². The van der Waals surface area contributed by atoms with Gasteiger partial charge in [0.05, 0.1) is 0 Å². The molecule has 1 saturated carbocycles. The van der Waals surface area contributed by atoms with E-state index in [1.807, 2.05) is 36.2 Å². The van der Waals surface area contributed by atoms with E-state index < -0.39 is 0 Å². The fraction of sp³-hybridized carbons (Fsp3) is 0.562. The van der Waals surface area contributed by atoms with Gasteiger partial charge in [-0.15, -0.1) is 12.4 Å². The molecule has 1 aliphatic rings. The summed E-state index contributed by atoms with van der Waals surface area (Å²) >= 11 is 6.23. The lowest BCUT2D eigenvalue weighted by Crippen LogP contribution is -2.39. The Kier molecular flexibility index (Phi) is 8.09. The van der Waals surface area contributed by atoms with E-state index in [4.69, 9.17) is 11.6 Å². The zero-order valence-corrected chi connectivity index (χ0v) is 14.1. The van der Waals surface area contributed by atoms with Crippen LogP contribution in [0.4, 0.5) is 0 Å². The summed E-state index contributed by atoms with van der Waals surface area (Å²) in [7, 11) is 1.88. The molecule has 1 N–H and O–H groups in total. The van der Waals surface area contributed by atoms with Crippen LogP contribution < -0.4 is 5.32 Å². The Hall–Kier alpha value is -0.770. The van der Waals surface area contributed by atoms with Gasteiger partial charge in [-0.1, -0.05) is 42.6 Å². The van der Waals surface area contributed by atoms with Crippen LogP contribution in [-0.4, -0.2) is 30.4 Å². The van der Waals surface area contributed by atoms with E-state index in [-0.39, 0.29) is 18.3 Å². The van der Waals surface area contributed by atoms with E-state index in [1.54, 1.807) is 0 Å². The highest BCUT2D eigenvalue weighted by atomic mass is 35.5. The van der Waals surface area contributed by atoms with Crippen LogP contribution in [-0.2, 0) is 11.3 Å². The molecule has 118 valence electrons. The third-order valence-corrected chi connectivity index (χ3v) is 4.34. The Labute approximate surface area is 138 Å². The summed E-state index contributed by atoms with van der Waals surface area (Å²) in [4.78, 5) is 14.5. The molecule has 0 heterocycles. The third-order valence-electron chi connectivity index (χ3n) is 3.97. The first-order valence-corrected chi connectivity index (χ1v) is 7.77. The largest absolute Gasteiger partial charge is 0.335 e. The minimum atomic E-state index is 0. The summed E-state index contributed by atoms with van der Waals surface area (Å²) in [6.45, 7) is 1.36. The third kappa shape index (κ3) is 5.17. The molecule has 1 aromatic carbocycles. The first-order chi connectivity index (χ1) is 9.72. The summed E-state index contributed by atoms with van der Waals surface area (Å²) in [5.41, 5.74) is 1.04. The molecule has 1 fully saturated rings. The fourth-order valence-electron chi connectivity index (χ4n) is 2.82. The number of carbonyl (C=O) groups is 1. The molecule has 5 heteroatoms. The molecule has 0 bridgehead atoms.